The van der Waals surface area contributed by atoms with Gasteiger partial charge in [-0.05, 0) is 31.0 Å². The van der Waals surface area contributed by atoms with Crippen molar-refractivity contribution in [3.8, 4) is 6.19 Å². The van der Waals surface area contributed by atoms with Crippen molar-refractivity contribution in [2.75, 3.05) is 13.2 Å². The SMILES string of the molecule is CC(c1ccc(Cl)cc1)N1CCCOC1=NC#N. The Balaban J connectivity index is 2.21. The van der Waals surface area contributed by atoms with E-state index in [-0.39, 0.29) is 6.04 Å². The molecule has 0 spiro atoms. The second-order valence-electron chi connectivity index (χ2n) is 4.12. The highest BCUT2D eigenvalue weighted by molar-refractivity contribution is 6.30. The molecule has 5 heteroatoms. The van der Waals surface area contributed by atoms with Crippen molar-refractivity contribution in [3.63, 3.8) is 0 Å². The van der Waals surface area contributed by atoms with E-state index in [1.54, 1.807) is 6.19 Å². The van der Waals surface area contributed by atoms with Crippen LogP contribution in [0.4, 0.5) is 0 Å². The maximum absolute atomic E-state index is 8.66. The summed E-state index contributed by atoms with van der Waals surface area (Å²) in [7, 11) is 0. The second kappa shape index (κ2) is 5.74. The first-order valence-corrected chi connectivity index (χ1v) is 6.22. The third-order valence-corrected chi connectivity index (χ3v) is 3.24. The minimum absolute atomic E-state index is 0.106. The first-order valence-electron chi connectivity index (χ1n) is 5.84. The first-order chi connectivity index (χ1) is 8.72. The molecule has 0 amide bonds. The lowest BCUT2D eigenvalue weighted by atomic mass is 10.1. The Morgan fingerprint density at radius 3 is 2.83 bits per heavy atom. The quantitative estimate of drug-likeness (QED) is 0.771. The summed E-state index contributed by atoms with van der Waals surface area (Å²) in [5.74, 6) is 0. The van der Waals surface area contributed by atoms with Crippen molar-refractivity contribution < 1.29 is 4.74 Å². The summed E-state index contributed by atoms with van der Waals surface area (Å²) >= 11 is 5.88. The molecular weight excluding hydrogens is 250 g/mol. The first kappa shape index (κ1) is 12.7. The highest BCUT2D eigenvalue weighted by Gasteiger charge is 2.24. The highest BCUT2D eigenvalue weighted by atomic mass is 35.5. The van der Waals surface area contributed by atoms with Crippen molar-refractivity contribution in [1.29, 1.82) is 5.26 Å². The Bertz CT molecular complexity index is 478. The van der Waals surface area contributed by atoms with E-state index in [0.717, 1.165) is 18.5 Å². The molecule has 18 heavy (non-hydrogen) atoms. The van der Waals surface area contributed by atoms with Crippen molar-refractivity contribution in [2.45, 2.75) is 19.4 Å². The molecule has 1 fully saturated rings. The van der Waals surface area contributed by atoms with Gasteiger partial charge in [0, 0.05) is 11.6 Å². The summed E-state index contributed by atoms with van der Waals surface area (Å²) in [6.45, 7) is 3.51. The van der Waals surface area contributed by atoms with Crippen LogP contribution in [0.5, 0.6) is 0 Å². The predicted molar refractivity (Wildman–Crippen MR) is 70.2 cm³/mol. The van der Waals surface area contributed by atoms with Gasteiger partial charge in [0.15, 0.2) is 0 Å². The number of hydrogen-bond donors (Lipinski definition) is 0. The number of benzene rings is 1. The topological polar surface area (TPSA) is 48.6 Å². The van der Waals surface area contributed by atoms with Crippen LogP contribution >= 0.6 is 11.6 Å². The van der Waals surface area contributed by atoms with E-state index >= 15 is 0 Å². The van der Waals surface area contributed by atoms with Gasteiger partial charge in [0.1, 0.15) is 0 Å². The monoisotopic (exact) mass is 263 g/mol. The molecule has 1 aliphatic heterocycles. The normalized spacial score (nSPS) is 19.2. The minimum atomic E-state index is 0.106. The maximum atomic E-state index is 8.66. The van der Waals surface area contributed by atoms with E-state index in [1.165, 1.54) is 0 Å². The fourth-order valence-electron chi connectivity index (χ4n) is 2.00. The third kappa shape index (κ3) is 2.74. The predicted octanol–water partition coefficient (Wildman–Crippen LogP) is 2.96. The fourth-order valence-corrected chi connectivity index (χ4v) is 2.12. The van der Waals surface area contributed by atoms with Gasteiger partial charge in [-0.15, -0.1) is 4.99 Å². The van der Waals surface area contributed by atoms with Crippen molar-refractivity contribution in [3.05, 3.63) is 34.9 Å². The zero-order chi connectivity index (χ0) is 13.0. The molecule has 1 unspecified atom stereocenters. The molecule has 1 atom stereocenters. The molecular formula is C13H14ClN3O. The van der Waals surface area contributed by atoms with Gasteiger partial charge in [0.25, 0.3) is 0 Å². The van der Waals surface area contributed by atoms with E-state index in [4.69, 9.17) is 21.6 Å². The minimum Gasteiger partial charge on any atom is -0.464 e. The standard InChI is InChI=1S/C13H14ClN3O/c1-10(11-3-5-12(14)6-4-11)17-7-2-8-18-13(17)16-9-15/h3-6,10H,2,7-8H2,1H3. The largest absolute Gasteiger partial charge is 0.464 e. The van der Waals surface area contributed by atoms with Crippen molar-refractivity contribution >= 4 is 17.6 Å². The van der Waals surface area contributed by atoms with Gasteiger partial charge >= 0.3 is 6.02 Å². The van der Waals surface area contributed by atoms with Gasteiger partial charge in [-0.25, -0.2) is 0 Å². The molecule has 0 saturated carbocycles. The molecule has 1 aromatic carbocycles. The number of nitriles is 1. The Hall–Kier alpha value is -1.73. The third-order valence-electron chi connectivity index (χ3n) is 2.99. The summed E-state index contributed by atoms with van der Waals surface area (Å²) < 4.78 is 5.42. The lowest BCUT2D eigenvalue weighted by Gasteiger charge is -2.34. The molecule has 94 valence electrons. The number of ether oxygens (including phenoxy) is 1. The molecule has 0 radical (unpaired) electrons. The van der Waals surface area contributed by atoms with Crippen LogP contribution in [-0.4, -0.2) is 24.1 Å². The van der Waals surface area contributed by atoms with Crippen LogP contribution in [0.2, 0.25) is 5.02 Å². The van der Waals surface area contributed by atoms with Gasteiger partial charge in [0.2, 0.25) is 6.19 Å². The Morgan fingerprint density at radius 2 is 2.17 bits per heavy atom. The van der Waals surface area contributed by atoms with E-state index in [1.807, 2.05) is 29.2 Å². The van der Waals surface area contributed by atoms with Crippen LogP contribution in [0.25, 0.3) is 0 Å². The molecule has 0 N–H and O–H groups in total. The highest BCUT2D eigenvalue weighted by Crippen LogP contribution is 2.24. The lowest BCUT2D eigenvalue weighted by molar-refractivity contribution is 0.150. The van der Waals surface area contributed by atoms with Gasteiger partial charge in [-0.1, -0.05) is 23.7 Å². The Morgan fingerprint density at radius 1 is 1.44 bits per heavy atom. The number of amidine groups is 1. The van der Waals surface area contributed by atoms with Gasteiger partial charge in [0.05, 0.1) is 12.6 Å². The zero-order valence-corrected chi connectivity index (χ0v) is 10.9. The molecule has 0 aliphatic carbocycles. The van der Waals surface area contributed by atoms with Crippen LogP contribution in [0.3, 0.4) is 0 Å². The maximum Gasteiger partial charge on any atom is 0.303 e. The molecule has 0 aromatic heterocycles. The summed E-state index contributed by atoms with van der Waals surface area (Å²) in [5.41, 5.74) is 1.12. The van der Waals surface area contributed by atoms with Gasteiger partial charge in [-0.3, -0.25) is 0 Å². The Kier molecular flexibility index (Phi) is 4.06. The van der Waals surface area contributed by atoms with Crippen LogP contribution in [-0.2, 0) is 4.74 Å². The van der Waals surface area contributed by atoms with Gasteiger partial charge in [-0.2, -0.15) is 5.26 Å². The van der Waals surface area contributed by atoms with E-state index in [0.29, 0.717) is 17.7 Å². The van der Waals surface area contributed by atoms with Crippen LogP contribution in [0.15, 0.2) is 29.3 Å². The molecule has 1 saturated heterocycles. The summed E-state index contributed by atoms with van der Waals surface area (Å²) in [5, 5.41) is 9.38. The second-order valence-corrected chi connectivity index (χ2v) is 4.55. The average molecular weight is 264 g/mol. The van der Waals surface area contributed by atoms with Crippen LogP contribution in [0, 0.1) is 11.5 Å². The Labute approximate surface area is 111 Å². The summed E-state index contributed by atoms with van der Waals surface area (Å²) in [6, 6.07) is 8.19. The summed E-state index contributed by atoms with van der Waals surface area (Å²) in [4.78, 5) is 5.73. The number of nitrogens with zero attached hydrogens (tertiary/aromatic N) is 3. The van der Waals surface area contributed by atoms with Crippen LogP contribution in [0.1, 0.15) is 24.9 Å². The molecule has 1 aromatic rings. The zero-order valence-electron chi connectivity index (χ0n) is 10.1. The van der Waals surface area contributed by atoms with E-state index < -0.39 is 0 Å². The van der Waals surface area contributed by atoms with Gasteiger partial charge < -0.3 is 9.64 Å². The average Bonchev–Trinajstić information content (AvgIpc) is 2.40. The van der Waals surface area contributed by atoms with E-state index in [9.17, 15) is 0 Å². The summed E-state index contributed by atoms with van der Waals surface area (Å²) in [6.07, 6.45) is 2.72. The number of halogens is 1. The molecule has 1 aliphatic rings. The van der Waals surface area contributed by atoms with Crippen molar-refractivity contribution in [1.82, 2.24) is 4.90 Å². The van der Waals surface area contributed by atoms with E-state index in [2.05, 4.69) is 11.9 Å². The molecule has 4 nitrogen and oxygen atoms in total. The molecule has 1 heterocycles. The smallest absolute Gasteiger partial charge is 0.303 e. The number of aliphatic imine (C=N–C) groups is 1. The lowest BCUT2D eigenvalue weighted by Crippen LogP contribution is -2.40. The van der Waals surface area contributed by atoms with Crippen LogP contribution < -0.4 is 0 Å². The molecule has 2 rings (SSSR count). The van der Waals surface area contributed by atoms with Crippen molar-refractivity contribution in [2.24, 2.45) is 4.99 Å². The number of rotatable bonds is 2. The molecule has 0 bridgehead atoms. The number of hydrogen-bond acceptors (Lipinski definition) is 3. The fraction of sp³-hybridized carbons (Fsp3) is 0.385.